The Labute approximate surface area is 154 Å². The highest BCUT2D eigenvalue weighted by molar-refractivity contribution is 6.29. The first kappa shape index (κ1) is 18.2. The van der Waals surface area contributed by atoms with Crippen LogP contribution in [0.25, 0.3) is 0 Å². The van der Waals surface area contributed by atoms with Crippen molar-refractivity contribution >= 4 is 23.5 Å². The van der Waals surface area contributed by atoms with Crippen LogP contribution in [0.4, 0.5) is 10.6 Å². The maximum Gasteiger partial charge on any atom is 0.410 e. The molecule has 2 aliphatic heterocycles. The molecule has 2 bridgehead atoms. The highest BCUT2D eigenvalue weighted by Crippen LogP contribution is 2.37. The minimum Gasteiger partial charge on any atom is -0.444 e. The van der Waals surface area contributed by atoms with Crippen LogP contribution in [0.3, 0.4) is 0 Å². The number of hydrogen-bond donors (Lipinski definition) is 0. The molecule has 7 heteroatoms. The van der Waals surface area contributed by atoms with Crippen LogP contribution < -0.4 is 4.90 Å². The van der Waals surface area contributed by atoms with Crippen molar-refractivity contribution in [1.29, 1.82) is 0 Å². The van der Waals surface area contributed by atoms with Gasteiger partial charge in [-0.25, -0.2) is 4.79 Å². The number of piperidine rings is 2. The molecule has 138 valence electrons. The Morgan fingerprint density at radius 3 is 2.40 bits per heavy atom. The van der Waals surface area contributed by atoms with Gasteiger partial charge in [0.05, 0.1) is 0 Å². The molecule has 0 saturated carbocycles. The molecule has 2 fully saturated rings. The lowest BCUT2D eigenvalue weighted by atomic mass is 9.81. The Kier molecular flexibility index (Phi) is 5.09. The Morgan fingerprint density at radius 1 is 1.24 bits per heavy atom. The monoisotopic (exact) mass is 366 g/mol. The summed E-state index contributed by atoms with van der Waals surface area (Å²) in [6, 6.07) is 4.46. The number of ether oxygens (including phenoxy) is 1. The fourth-order valence-electron chi connectivity index (χ4n) is 3.97. The zero-order chi connectivity index (χ0) is 18.2. The van der Waals surface area contributed by atoms with Gasteiger partial charge in [-0.3, -0.25) is 0 Å². The molecule has 1 amide bonds. The summed E-state index contributed by atoms with van der Waals surface area (Å²) in [6.45, 7) is 5.75. The zero-order valence-corrected chi connectivity index (χ0v) is 16.2. The lowest BCUT2D eigenvalue weighted by molar-refractivity contribution is -0.0213. The number of hydrogen-bond acceptors (Lipinski definition) is 5. The molecule has 0 spiro atoms. The van der Waals surface area contributed by atoms with Gasteiger partial charge in [0.2, 0.25) is 0 Å². The minimum atomic E-state index is -0.460. The summed E-state index contributed by atoms with van der Waals surface area (Å²) in [7, 11) is 2.04. The molecule has 3 rings (SSSR count). The molecule has 2 saturated heterocycles. The summed E-state index contributed by atoms with van der Waals surface area (Å²) >= 11 is 5.84. The van der Waals surface area contributed by atoms with E-state index in [4.69, 9.17) is 16.3 Å². The minimum absolute atomic E-state index is 0.172. The van der Waals surface area contributed by atoms with Crippen molar-refractivity contribution in [3.8, 4) is 0 Å². The van der Waals surface area contributed by atoms with E-state index in [9.17, 15) is 4.79 Å². The largest absolute Gasteiger partial charge is 0.444 e. The van der Waals surface area contributed by atoms with Crippen LogP contribution in [-0.2, 0) is 4.74 Å². The number of carbonyl (C=O) groups excluding carboxylic acids is 1. The van der Waals surface area contributed by atoms with E-state index in [0.717, 1.165) is 31.5 Å². The van der Waals surface area contributed by atoms with Crippen molar-refractivity contribution in [3.63, 3.8) is 0 Å². The summed E-state index contributed by atoms with van der Waals surface area (Å²) < 4.78 is 5.64. The highest BCUT2D eigenvalue weighted by atomic mass is 35.5. The third-order valence-corrected chi connectivity index (χ3v) is 5.28. The maximum absolute atomic E-state index is 12.7. The topological polar surface area (TPSA) is 58.6 Å². The summed E-state index contributed by atoms with van der Waals surface area (Å²) in [6.07, 6.45) is 4.92. The van der Waals surface area contributed by atoms with Gasteiger partial charge >= 0.3 is 6.09 Å². The summed E-state index contributed by atoms with van der Waals surface area (Å²) in [5.74, 6) is 0.818. The first-order valence-electron chi connectivity index (χ1n) is 8.98. The highest BCUT2D eigenvalue weighted by Gasteiger charge is 2.43. The standard InChI is InChI=1S/C18H27ClN4O2/c1-18(2,3)25-17(24)23-12-6-5-7-13(23)11-14(10-12)22(4)16-9-8-15(19)20-21-16/h8-9,12-14H,5-7,10-11H2,1-4H3. The smallest absolute Gasteiger partial charge is 0.410 e. The second kappa shape index (κ2) is 6.98. The van der Waals surface area contributed by atoms with Crippen molar-refractivity contribution < 1.29 is 9.53 Å². The predicted octanol–water partition coefficient (Wildman–Crippen LogP) is 3.89. The number of amides is 1. The maximum atomic E-state index is 12.7. The first-order chi connectivity index (χ1) is 11.7. The van der Waals surface area contributed by atoms with E-state index in [1.807, 2.05) is 38.8 Å². The fraction of sp³-hybridized carbons (Fsp3) is 0.722. The van der Waals surface area contributed by atoms with Gasteiger partial charge in [0.15, 0.2) is 11.0 Å². The van der Waals surface area contributed by atoms with E-state index in [-0.39, 0.29) is 18.2 Å². The molecular weight excluding hydrogens is 340 g/mol. The number of halogens is 1. The number of rotatable bonds is 2. The van der Waals surface area contributed by atoms with Crippen molar-refractivity contribution in [2.24, 2.45) is 0 Å². The van der Waals surface area contributed by atoms with Crippen LogP contribution in [-0.4, -0.2) is 52.0 Å². The molecule has 25 heavy (non-hydrogen) atoms. The molecule has 1 aromatic rings. The van der Waals surface area contributed by atoms with Gasteiger partial charge in [-0.15, -0.1) is 10.2 Å². The van der Waals surface area contributed by atoms with Crippen molar-refractivity contribution in [2.45, 2.75) is 76.6 Å². The molecule has 0 N–H and O–H groups in total. The summed E-state index contributed by atoms with van der Waals surface area (Å²) in [5, 5.41) is 8.53. The van der Waals surface area contributed by atoms with Crippen molar-refractivity contribution in [1.82, 2.24) is 15.1 Å². The van der Waals surface area contributed by atoms with E-state index in [0.29, 0.717) is 11.2 Å². The van der Waals surface area contributed by atoms with Gasteiger partial charge in [-0.05, 0) is 65.0 Å². The number of carbonyl (C=O) groups is 1. The van der Waals surface area contributed by atoms with Gasteiger partial charge in [0.1, 0.15) is 5.60 Å². The number of anilines is 1. The van der Waals surface area contributed by atoms with Crippen LogP contribution in [0.15, 0.2) is 12.1 Å². The molecule has 6 nitrogen and oxygen atoms in total. The van der Waals surface area contributed by atoms with Crippen LogP contribution in [0.5, 0.6) is 0 Å². The van der Waals surface area contributed by atoms with E-state index in [2.05, 4.69) is 15.1 Å². The summed E-state index contributed by atoms with van der Waals surface area (Å²) in [4.78, 5) is 16.8. The molecule has 0 aliphatic carbocycles. The second-order valence-electron chi connectivity index (χ2n) is 8.08. The normalized spacial score (nSPS) is 26.3. The van der Waals surface area contributed by atoms with Crippen LogP contribution in [0, 0.1) is 0 Å². The third-order valence-electron chi connectivity index (χ3n) is 5.08. The number of nitrogens with zero attached hydrogens (tertiary/aromatic N) is 4. The fourth-order valence-corrected chi connectivity index (χ4v) is 4.07. The Morgan fingerprint density at radius 2 is 1.88 bits per heavy atom. The molecule has 0 radical (unpaired) electrons. The number of fused-ring (bicyclic) bond motifs is 2. The third kappa shape index (κ3) is 4.17. The van der Waals surface area contributed by atoms with Gasteiger partial charge < -0.3 is 14.5 Å². The van der Waals surface area contributed by atoms with E-state index < -0.39 is 5.60 Å². The van der Waals surface area contributed by atoms with E-state index in [1.54, 1.807) is 6.07 Å². The average Bonchev–Trinajstić information content (AvgIpc) is 2.52. The van der Waals surface area contributed by atoms with E-state index >= 15 is 0 Å². The molecule has 2 unspecified atom stereocenters. The molecule has 0 aromatic carbocycles. The zero-order valence-electron chi connectivity index (χ0n) is 15.4. The Balaban J connectivity index is 1.72. The molecular formula is C18H27ClN4O2. The quantitative estimate of drug-likeness (QED) is 0.794. The molecule has 2 atom stereocenters. The average molecular weight is 367 g/mol. The lowest BCUT2D eigenvalue weighted by Gasteiger charge is -2.50. The van der Waals surface area contributed by atoms with Crippen molar-refractivity contribution in [3.05, 3.63) is 17.3 Å². The second-order valence-corrected chi connectivity index (χ2v) is 8.46. The lowest BCUT2D eigenvalue weighted by Crippen LogP contribution is -2.59. The van der Waals surface area contributed by atoms with Gasteiger partial charge in [0, 0.05) is 25.2 Å². The SMILES string of the molecule is CN(c1ccc(Cl)nn1)C1CC2CCCC(C1)N2C(=O)OC(C)(C)C. The number of aromatic nitrogens is 2. The first-order valence-corrected chi connectivity index (χ1v) is 9.36. The molecule has 3 heterocycles. The van der Waals surface area contributed by atoms with Gasteiger partial charge in [-0.2, -0.15) is 0 Å². The van der Waals surface area contributed by atoms with Crippen molar-refractivity contribution in [2.75, 3.05) is 11.9 Å². The van der Waals surface area contributed by atoms with E-state index in [1.165, 1.54) is 6.42 Å². The predicted molar refractivity (Wildman–Crippen MR) is 98.0 cm³/mol. The van der Waals surface area contributed by atoms with Crippen LogP contribution >= 0.6 is 11.6 Å². The Bertz CT molecular complexity index is 602. The van der Waals surface area contributed by atoms with Crippen LogP contribution in [0.1, 0.15) is 52.9 Å². The van der Waals surface area contributed by atoms with Gasteiger partial charge in [-0.1, -0.05) is 11.6 Å². The molecule has 1 aromatic heterocycles. The Hall–Kier alpha value is -1.56. The summed E-state index contributed by atoms with van der Waals surface area (Å²) in [5.41, 5.74) is -0.460. The van der Waals surface area contributed by atoms with Gasteiger partial charge in [0.25, 0.3) is 0 Å². The molecule has 2 aliphatic rings. The van der Waals surface area contributed by atoms with Crippen LogP contribution in [0.2, 0.25) is 5.15 Å².